The number of aliphatic hydroxyl groups is 1. The van der Waals surface area contributed by atoms with Crippen LogP contribution in [-0.4, -0.2) is 40.2 Å². The molecule has 175 valence electrons. The van der Waals surface area contributed by atoms with Crippen LogP contribution in [0.15, 0.2) is 15.8 Å². The van der Waals surface area contributed by atoms with Crippen LogP contribution < -0.4 is 11.2 Å². The molecule has 1 aromatic heterocycles. The first-order valence-electron chi connectivity index (χ1n) is 10.6. The molecule has 1 aliphatic rings. The van der Waals surface area contributed by atoms with Crippen LogP contribution in [0.1, 0.15) is 79.5 Å². The predicted octanol–water partition coefficient (Wildman–Crippen LogP) is 3.20. The third-order valence-corrected chi connectivity index (χ3v) is 5.60. The number of aryl methyl sites for hydroxylation is 1. The van der Waals surface area contributed by atoms with Gasteiger partial charge in [0.15, 0.2) is 0 Å². The van der Waals surface area contributed by atoms with Crippen molar-refractivity contribution < 1.29 is 35.0 Å². The number of hydrogen-bond acceptors (Lipinski definition) is 5. The van der Waals surface area contributed by atoms with Gasteiger partial charge in [0.2, 0.25) is 0 Å². The summed E-state index contributed by atoms with van der Waals surface area (Å²) in [5.41, 5.74) is -0.860. The fraction of sp³-hybridized carbons (Fsp3) is 0.818. The van der Waals surface area contributed by atoms with E-state index < -0.39 is 29.7 Å². The number of hydrogen-bond donors (Lipinski definition) is 1. The topological polar surface area (TPSA) is 82.7 Å². The van der Waals surface area contributed by atoms with Gasteiger partial charge in [-0.05, 0) is 32.6 Å². The molecule has 1 radical (unpaired) electrons. The van der Waals surface area contributed by atoms with E-state index in [9.17, 15) is 14.7 Å². The van der Waals surface area contributed by atoms with Gasteiger partial charge in [0.1, 0.15) is 12.3 Å². The van der Waals surface area contributed by atoms with Crippen LogP contribution in [-0.2, 0) is 35.4 Å². The SMILES string of the molecule is CC.CCC(C)(C)CC(C)(C)n1c(=O)c(C)cn(C2CC(O)C(COC)O2)c1=O.[Re]. The molecule has 7 nitrogen and oxygen atoms in total. The Bertz CT molecular complexity index is 785. The molecule has 0 amide bonds. The van der Waals surface area contributed by atoms with Crippen molar-refractivity contribution in [2.24, 2.45) is 5.41 Å². The van der Waals surface area contributed by atoms with Gasteiger partial charge in [-0.1, -0.05) is 41.0 Å². The van der Waals surface area contributed by atoms with Gasteiger partial charge in [-0.3, -0.25) is 13.9 Å². The summed E-state index contributed by atoms with van der Waals surface area (Å²) in [7, 11) is 1.54. The van der Waals surface area contributed by atoms with E-state index in [-0.39, 0.29) is 44.4 Å². The van der Waals surface area contributed by atoms with Crippen LogP contribution in [0.25, 0.3) is 0 Å². The standard InChI is InChI=1S/C20H34N2O5.C2H6.Re/c1-8-19(3,4)12-20(5,6)22-17(24)13(2)10-21(18(22)25)16-9-14(23)15(27-16)11-26-7;1-2;/h10,14-16,23H,8-9,11-12H2,1-7H3;1-2H3;. The van der Waals surface area contributed by atoms with E-state index in [1.165, 1.54) is 22.4 Å². The minimum Gasteiger partial charge on any atom is -0.390 e. The van der Waals surface area contributed by atoms with Crippen molar-refractivity contribution in [1.82, 2.24) is 9.13 Å². The second kappa shape index (κ2) is 11.7. The summed E-state index contributed by atoms with van der Waals surface area (Å²) >= 11 is 0. The number of aliphatic hydroxyl groups excluding tert-OH is 1. The summed E-state index contributed by atoms with van der Waals surface area (Å²) < 4.78 is 13.7. The zero-order valence-electron chi connectivity index (χ0n) is 20.0. The first-order chi connectivity index (χ1) is 13.4. The van der Waals surface area contributed by atoms with Gasteiger partial charge in [0.05, 0.1) is 12.7 Å². The molecule has 0 bridgehead atoms. The first-order valence-corrected chi connectivity index (χ1v) is 10.6. The molecule has 3 atom stereocenters. The molecule has 0 saturated carbocycles. The maximum atomic E-state index is 13.3. The van der Waals surface area contributed by atoms with E-state index >= 15 is 0 Å². The zero-order chi connectivity index (χ0) is 22.6. The molecular formula is C22H40N2O5Re. The van der Waals surface area contributed by atoms with Crippen LogP contribution in [0, 0.1) is 12.3 Å². The maximum absolute atomic E-state index is 13.3. The quantitative estimate of drug-likeness (QED) is 0.522. The van der Waals surface area contributed by atoms with E-state index in [1.807, 2.05) is 27.7 Å². The molecule has 1 fully saturated rings. The Morgan fingerprint density at radius 2 is 1.80 bits per heavy atom. The minimum atomic E-state index is -0.713. The van der Waals surface area contributed by atoms with Gasteiger partial charge in [-0.25, -0.2) is 4.79 Å². The summed E-state index contributed by atoms with van der Waals surface area (Å²) in [5.74, 6) is 0. The van der Waals surface area contributed by atoms with Crippen molar-refractivity contribution in [2.45, 2.75) is 98.6 Å². The Morgan fingerprint density at radius 3 is 2.30 bits per heavy atom. The molecular weight excluding hydrogens is 558 g/mol. The molecule has 0 spiro atoms. The van der Waals surface area contributed by atoms with Crippen molar-refractivity contribution >= 4 is 0 Å². The summed E-state index contributed by atoms with van der Waals surface area (Å²) in [4.78, 5) is 26.1. The molecule has 1 aromatic rings. The smallest absolute Gasteiger partial charge is 0.333 e. The molecule has 0 aromatic carbocycles. The Morgan fingerprint density at radius 1 is 1.23 bits per heavy atom. The van der Waals surface area contributed by atoms with E-state index in [2.05, 4.69) is 20.8 Å². The third-order valence-electron chi connectivity index (χ3n) is 5.60. The molecule has 2 rings (SSSR count). The van der Waals surface area contributed by atoms with Crippen molar-refractivity contribution in [3.05, 3.63) is 32.6 Å². The monoisotopic (exact) mass is 599 g/mol. The van der Waals surface area contributed by atoms with E-state index in [4.69, 9.17) is 9.47 Å². The Labute approximate surface area is 194 Å². The average Bonchev–Trinajstić information content (AvgIpc) is 2.99. The molecule has 1 aliphatic heterocycles. The Hall–Kier alpha value is -0.778. The third kappa shape index (κ3) is 6.61. The van der Waals surface area contributed by atoms with E-state index in [0.29, 0.717) is 12.0 Å². The summed E-state index contributed by atoms with van der Waals surface area (Å²) in [6, 6.07) is 0. The second-order valence-electron chi connectivity index (χ2n) is 9.04. The molecule has 8 heteroatoms. The van der Waals surface area contributed by atoms with Gasteiger partial charge >= 0.3 is 5.69 Å². The van der Waals surface area contributed by atoms with Gasteiger partial charge in [-0.2, -0.15) is 0 Å². The number of rotatable bonds is 7. The van der Waals surface area contributed by atoms with E-state index in [1.54, 1.807) is 6.92 Å². The normalized spacial score (nSPS) is 21.6. The van der Waals surface area contributed by atoms with Crippen molar-refractivity contribution in [1.29, 1.82) is 0 Å². The number of ether oxygens (including phenoxy) is 2. The van der Waals surface area contributed by atoms with Crippen molar-refractivity contribution in [3.8, 4) is 0 Å². The summed E-state index contributed by atoms with van der Waals surface area (Å²) in [5, 5.41) is 10.2. The Kier molecular flexibility index (Phi) is 11.4. The largest absolute Gasteiger partial charge is 0.390 e. The fourth-order valence-corrected chi connectivity index (χ4v) is 4.01. The molecule has 3 unspecified atom stereocenters. The maximum Gasteiger partial charge on any atom is 0.333 e. The van der Waals surface area contributed by atoms with Crippen LogP contribution in [0.5, 0.6) is 0 Å². The van der Waals surface area contributed by atoms with Gasteiger partial charge in [-0.15, -0.1) is 0 Å². The summed E-state index contributed by atoms with van der Waals surface area (Å²) in [6.45, 7) is 16.2. The van der Waals surface area contributed by atoms with Crippen LogP contribution in [0.2, 0.25) is 0 Å². The Balaban J connectivity index is 0.00000272. The minimum absolute atomic E-state index is 0. The second-order valence-corrected chi connectivity index (χ2v) is 9.04. The van der Waals surface area contributed by atoms with Crippen LogP contribution in [0.4, 0.5) is 0 Å². The number of methoxy groups -OCH3 is 1. The fourth-order valence-electron chi connectivity index (χ4n) is 4.01. The van der Waals surface area contributed by atoms with Gasteiger partial charge in [0.25, 0.3) is 5.56 Å². The predicted molar refractivity (Wildman–Crippen MR) is 115 cm³/mol. The molecule has 1 N–H and O–H groups in total. The molecule has 30 heavy (non-hydrogen) atoms. The van der Waals surface area contributed by atoms with Crippen LogP contribution in [0.3, 0.4) is 0 Å². The van der Waals surface area contributed by atoms with E-state index in [0.717, 1.165) is 6.42 Å². The molecule has 1 saturated heterocycles. The first kappa shape index (κ1) is 29.2. The number of aromatic nitrogens is 2. The van der Waals surface area contributed by atoms with Crippen molar-refractivity contribution in [2.75, 3.05) is 13.7 Å². The average molecular weight is 599 g/mol. The molecule has 0 aliphatic carbocycles. The number of nitrogens with zero attached hydrogens (tertiary/aromatic N) is 2. The van der Waals surface area contributed by atoms with Gasteiger partial charge < -0.3 is 14.6 Å². The molecule has 2 heterocycles. The zero-order valence-corrected chi connectivity index (χ0v) is 22.7. The van der Waals surface area contributed by atoms with Crippen molar-refractivity contribution in [3.63, 3.8) is 0 Å². The van der Waals surface area contributed by atoms with Gasteiger partial charge in [0, 0.05) is 51.3 Å². The summed E-state index contributed by atoms with van der Waals surface area (Å²) in [6.07, 6.45) is 1.64. The van der Waals surface area contributed by atoms with Crippen LogP contribution >= 0.6 is 0 Å².